The minimum Gasteiger partial charge on any atom is -0.494 e. The van der Waals surface area contributed by atoms with Crippen molar-refractivity contribution in [3.05, 3.63) is 46.7 Å². The van der Waals surface area contributed by atoms with E-state index in [4.69, 9.17) is 22.1 Å². The minimum absolute atomic E-state index is 0.0855. The van der Waals surface area contributed by atoms with E-state index < -0.39 is 0 Å². The van der Waals surface area contributed by atoms with E-state index in [9.17, 15) is 4.79 Å². The number of ether oxygens (including phenoxy) is 1. The van der Waals surface area contributed by atoms with Gasteiger partial charge in [0.25, 0.3) is 5.91 Å². The first-order valence-electron chi connectivity index (χ1n) is 12.0. The van der Waals surface area contributed by atoms with Crippen molar-refractivity contribution in [2.75, 3.05) is 37.7 Å². The van der Waals surface area contributed by atoms with Crippen LogP contribution in [-0.2, 0) is 0 Å². The topological polar surface area (TPSA) is 84.6 Å². The van der Waals surface area contributed by atoms with E-state index in [1.165, 1.54) is 0 Å². The van der Waals surface area contributed by atoms with Gasteiger partial charge in [-0.05, 0) is 75.1 Å². The van der Waals surface area contributed by atoms with Gasteiger partial charge in [0.2, 0.25) is 5.95 Å². The van der Waals surface area contributed by atoms with Crippen molar-refractivity contribution in [1.82, 2.24) is 14.9 Å². The van der Waals surface area contributed by atoms with Gasteiger partial charge in [-0.3, -0.25) is 4.79 Å². The van der Waals surface area contributed by atoms with Gasteiger partial charge in [-0.1, -0.05) is 11.6 Å². The predicted octanol–water partition coefficient (Wildman–Crippen LogP) is 4.08. The Morgan fingerprint density at radius 2 is 1.94 bits per heavy atom. The Morgan fingerprint density at radius 1 is 1.18 bits per heavy atom. The molecule has 1 aromatic heterocycles. The molecule has 2 aliphatic heterocycles. The van der Waals surface area contributed by atoms with E-state index in [0.29, 0.717) is 24.1 Å². The largest absolute Gasteiger partial charge is 0.494 e. The number of carbonyl (C=O) groups is 1. The molecule has 0 radical (unpaired) electrons. The van der Waals surface area contributed by atoms with Crippen LogP contribution in [0.5, 0.6) is 5.75 Å². The number of anilines is 1. The van der Waals surface area contributed by atoms with Gasteiger partial charge in [-0.25, -0.2) is 9.97 Å². The number of hydrogen-bond donors (Lipinski definition) is 1. The summed E-state index contributed by atoms with van der Waals surface area (Å²) in [7, 11) is 0. The molecule has 2 aliphatic rings. The van der Waals surface area contributed by atoms with Gasteiger partial charge in [-0.2, -0.15) is 0 Å². The Bertz CT molecular complexity index is 931. The van der Waals surface area contributed by atoms with Crippen molar-refractivity contribution >= 4 is 23.5 Å². The first-order chi connectivity index (χ1) is 16.0. The fraction of sp³-hybridized carbons (Fsp3) is 0.560. The van der Waals surface area contributed by atoms with Gasteiger partial charge >= 0.3 is 0 Å². The first kappa shape index (κ1) is 23.8. The Kier molecular flexibility index (Phi) is 8.04. The summed E-state index contributed by atoms with van der Waals surface area (Å²) in [5.74, 6) is 2.38. The Hall–Kier alpha value is -2.38. The molecule has 4 rings (SSSR count). The number of amides is 1. The molecular formula is C25H34ClN5O2. The smallest absolute Gasteiger partial charge is 0.254 e. The monoisotopic (exact) mass is 471 g/mol. The summed E-state index contributed by atoms with van der Waals surface area (Å²) in [5.41, 5.74) is 7.54. The third-order valence-electron chi connectivity index (χ3n) is 6.87. The normalized spacial score (nSPS) is 19.2. The molecular weight excluding hydrogens is 438 g/mol. The van der Waals surface area contributed by atoms with Gasteiger partial charge in [-0.15, -0.1) is 0 Å². The Morgan fingerprint density at radius 3 is 2.64 bits per heavy atom. The molecule has 2 N–H and O–H groups in total. The number of benzene rings is 1. The number of aromatic nitrogens is 2. The molecule has 8 heteroatoms. The maximum Gasteiger partial charge on any atom is 0.254 e. The summed E-state index contributed by atoms with van der Waals surface area (Å²) in [6.07, 6.45) is 9.79. The first-order valence-corrected chi connectivity index (χ1v) is 12.4. The molecule has 2 fully saturated rings. The highest BCUT2D eigenvalue weighted by Crippen LogP contribution is 2.26. The molecule has 2 aromatic rings. The Balaban J connectivity index is 1.19. The lowest BCUT2D eigenvalue weighted by Gasteiger charge is -2.32. The summed E-state index contributed by atoms with van der Waals surface area (Å²) >= 11 is 5.88. The number of piperidine rings is 1. The van der Waals surface area contributed by atoms with Crippen LogP contribution in [0.1, 0.15) is 54.4 Å². The van der Waals surface area contributed by atoms with Crippen molar-refractivity contribution < 1.29 is 9.53 Å². The second-order valence-electron chi connectivity index (χ2n) is 9.13. The number of nitrogens with two attached hydrogens (primary N) is 1. The molecule has 0 spiro atoms. The molecule has 1 atom stereocenters. The average Bonchev–Trinajstić information content (AvgIpc) is 3.31. The fourth-order valence-corrected chi connectivity index (χ4v) is 5.02. The van der Waals surface area contributed by atoms with Crippen LogP contribution in [0.4, 0.5) is 5.95 Å². The second-order valence-corrected chi connectivity index (χ2v) is 9.57. The van der Waals surface area contributed by atoms with Gasteiger partial charge in [0.15, 0.2) is 0 Å². The van der Waals surface area contributed by atoms with Crippen LogP contribution < -0.4 is 15.4 Å². The van der Waals surface area contributed by atoms with Crippen LogP contribution in [0.15, 0.2) is 30.6 Å². The molecule has 1 amide bonds. The highest BCUT2D eigenvalue weighted by molar-refractivity contribution is 6.30. The SMILES string of the molecule is Cc1cc(OCCCC2CCN(c3ncc(Cl)cn3)CC2)ccc1C(=O)N1CCC[C@@H]1CN. The van der Waals surface area contributed by atoms with Gasteiger partial charge in [0.05, 0.1) is 24.0 Å². The van der Waals surface area contributed by atoms with Crippen LogP contribution in [0, 0.1) is 12.8 Å². The highest BCUT2D eigenvalue weighted by Gasteiger charge is 2.29. The van der Waals surface area contributed by atoms with Crippen LogP contribution in [0.3, 0.4) is 0 Å². The third kappa shape index (κ3) is 5.95. The molecule has 0 bridgehead atoms. The van der Waals surface area contributed by atoms with Crippen molar-refractivity contribution in [2.45, 2.75) is 51.5 Å². The molecule has 0 aliphatic carbocycles. The van der Waals surface area contributed by atoms with Gasteiger partial charge in [0, 0.05) is 37.8 Å². The highest BCUT2D eigenvalue weighted by atomic mass is 35.5. The second kappa shape index (κ2) is 11.2. The maximum atomic E-state index is 12.9. The lowest BCUT2D eigenvalue weighted by Crippen LogP contribution is -2.40. The summed E-state index contributed by atoms with van der Waals surface area (Å²) in [6, 6.07) is 5.95. The molecule has 33 heavy (non-hydrogen) atoms. The molecule has 0 saturated carbocycles. The van der Waals surface area contributed by atoms with Gasteiger partial charge in [0.1, 0.15) is 5.75 Å². The van der Waals surface area contributed by atoms with E-state index in [1.807, 2.05) is 30.0 Å². The molecule has 0 unspecified atom stereocenters. The maximum absolute atomic E-state index is 12.9. The van der Waals surface area contributed by atoms with E-state index >= 15 is 0 Å². The summed E-state index contributed by atoms with van der Waals surface area (Å²) in [5, 5.41) is 0.567. The number of halogens is 1. The minimum atomic E-state index is 0.0855. The van der Waals surface area contributed by atoms with Crippen molar-refractivity contribution in [2.24, 2.45) is 11.7 Å². The lowest BCUT2D eigenvalue weighted by atomic mass is 9.92. The zero-order chi connectivity index (χ0) is 23.2. The predicted molar refractivity (Wildman–Crippen MR) is 131 cm³/mol. The molecule has 1 aromatic carbocycles. The number of carbonyl (C=O) groups excluding carboxylic acids is 1. The zero-order valence-electron chi connectivity index (χ0n) is 19.4. The molecule has 7 nitrogen and oxygen atoms in total. The zero-order valence-corrected chi connectivity index (χ0v) is 20.1. The lowest BCUT2D eigenvalue weighted by molar-refractivity contribution is 0.0740. The van der Waals surface area contributed by atoms with Crippen LogP contribution in [0.25, 0.3) is 0 Å². The van der Waals surface area contributed by atoms with Crippen LogP contribution in [0.2, 0.25) is 5.02 Å². The summed E-state index contributed by atoms with van der Waals surface area (Å²) < 4.78 is 5.99. The third-order valence-corrected chi connectivity index (χ3v) is 7.06. The van der Waals surface area contributed by atoms with E-state index in [1.54, 1.807) is 12.4 Å². The molecule has 178 valence electrons. The number of nitrogens with zero attached hydrogens (tertiary/aromatic N) is 4. The number of rotatable bonds is 8. The van der Waals surface area contributed by atoms with E-state index in [-0.39, 0.29) is 11.9 Å². The average molecular weight is 472 g/mol. The fourth-order valence-electron chi connectivity index (χ4n) is 4.92. The standard InChI is InChI=1S/C25H34ClN5O2/c1-18-14-22(6-7-23(18)24(32)31-10-2-5-21(31)15-27)33-13-3-4-19-8-11-30(12-9-19)25-28-16-20(26)17-29-25/h6-7,14,16-17,19,21H,2-5,8-13,15,27H2,1H3/t21-/m1/s1. The van der Waals surface area contributed by atoms with Crippen LogP contribution >= 0.6 is 11.6 Å². The molecule has 2 saturated heterocycles. The Labute approximate surface area is 201 Å². The summed E-state index contributed by atoms with van der Waals surface area (Å²) in [4.78, 5) is 25.7. The van der Waals surface area contributed by atoms with Crippen molar-refractivity contribution in [3.63, 3.8) is 0 Å². The van der Waals surface area contributed by atoms with E-state index in [0.717, 1.165) is 81.0 Å². The van der Waals surface area contributed by atoms with Crippen LogP contribution in [-0.4, -0.2) is 59.6 Å². The summed E-state index contributed by atoms with van der Waals surface area (Å²) in [6.45, 7) is 5.94. The van der Waals surface area contributed by atoms with Gasteiger partial charge < -0.3 is 20.3 Å². The van der Waals surface area contributed by atoms with E-state index in [2.05, 4.69) is 14.9 Å². The number of hydrogen-bond acceptors (Lipinski definition) is 6. The quantitative estimate of drug-likeness (QED) is 0.584. The van der Waals surface area contributed by atoms with Crippen molar-refractivity contribution in [3.8, 4) is 5.75 Å². The number of likely N-dealkylation sites (tertiary alicyclic amines) is 1. The van der Waals surface area contributed by atoms with Crippen molar-refractivity contribution in [1.29, 1.82) is 0 Å². The number of aryl methyl sites for hydroxylation is 1. The molecule has 3 heterocycles.